The van der Waals surface area contributed by atoms with Crippen molar-refractivity contribution in [2.24, 2.45) is 0 Å². The van der Waals surface area contributed by atoms with E-state index >= 15 is 0 Å². The maximum atomic E-state index is 12.4. The topological polar surface area (TPSA) is 80.6 Å². The number of piperidine rings is 1. The molecule has 3 heterocycles. The van der Waals surface area contributed by atoms with Gasteiger partial charge in [0.15, 0.2) is 0 Å². The van der Waals surface area contributed by atoms with Gasteiger partial charge in [-0.05, 0) is 18.9 Å². The van der Waals surface area contributed by atoms with Crippen LogP contribution in [-0.2, 0) is 16.1 Å². The van der Waals surface area contributed by atoms with Crippen LogP contribution in [0.25, 0.3) is 0 Å². The Kier molecular flexibility index (Phi) is 3.87. The van der Waals surface area contributed by atoms with E-state index in [1.165, 1.54) is 10.6 Å². The van der Waals surface area contributed by atoms with E-state index in [0.29, 0.717) is 26.2 Å². The third kappa shape index (κ3) is 2.98. The summed E-state index contributed by atoms with van der Waals surface area (Å²) in [7, 11) is 0. The highest BCUT2D eigenvalue weighted by Gasteiger charge is 2.44. The molecule has 1 atom stereocenters. The quantitative estimate of drug-likeness (QED) is 0.873. The van der Waals surface area contributed by atoms with Crippen molar-refractivity contribution in [3.8, 4) is 0 Å². The Balaban J connectivity index is 1.59. The molecule has 0 radical (unpaired) electrons. The van der Waals surface area contributed by atoms with Crippen LogP contribution < -0.4 is 10.9 Å². The van der Waals surface area contributed by atoms with Crippen LogP contribution in [0.4, 0.5) is 4.79 Å². The van der Waals surface area contributed by atoms with Crippen molar-refractivity contribution in [1.29, 1.82) is 0 Å². The fraction of sp³-hybridized carbons (Fsp3) is 0.533. The maximum absolute atomic E-state index is 12.4. The van der Waals surface area contributed by atoms with Gasteiger partial charge in [0.25, 0.3) is 5.56 Å². The van der Waals surface area contributed by atoms with E-state index < -0.39 is 11.7 Å². The zero-order valence-electron chi connectivity index (χ0n) is 12.3. The molecule has 3 rings (SSSR count). The number of alkyl carbamates (subject to hydrolysis) is 1. The number of hydrogen-bond acceptors (Lipinski definition) is 4. The third-order valence-corrected chi connectivity index (χ3v) is 4.22. The van der Waals surface area contributed by atoms with Gasteiger partial charge in [0, 0.05) is 31.8 Å². The number of aromatic nitrogens is 1. The van der Waals surface area contributed by atoms with Crippen molar-refractivity contribution in [2.45, 2.75) is 31.4 Å². The van der Waals surface area contributed by atoms with Gasteiger partial charge < -0.3 is 19.5 Å². The Bertz CT molecular complexity index is 642. The number of rotatable bonds is 3. The highest BCUT2D eigenvalue weighted by Crippen LogP contribution is 2.28. The number of aryl methyl sites for hydroxylation is 1. The van der Waals surface area contributed by atoms with Crippen LogP contribution in [0.5, 0.6) is 0 Å². The van der Waals surface area contributed by atoms with Gasteiger partial charge in [0.2, 0.25) is 5.91 Å². The molecule has 2 fully saturated rings. The average molecular weight is 305 g/mol. The summed E-state index contributed by atoms with van der Waals surface area (Å²) in [6.45, 7) is 1.91. The van der Waals surface area contributed by atoms with Crippen molar-refractivity contribution in [1.82, 2.24) is 14.8 Å². The average Bonchev–Trinajstić information content (AvgIpc) is 2.86. The number of amides is 2. The summed E-state index contributed by atoms with van der Waals surface area (Å²) in [5.41, 5.74) is -0.687. The Labute approximate surface area is 127 Å². The summed E-state index contributed by atoms with van der Waals surface area (Å²) in [6.07, 6.45) is 3.11. The molecular weight excluding hydrogens is 286 g/mol. The Hall–Kier alpha value is -2.31. The minimum absolute atomic E-state index is 0.0159. The summed E-state index contributed by atoms with van der Waals surface area (Å²) in [5, 5.41) is 2.66. The maximum Gasteiger partial charge on any atom is 0.407 e. The molecule has 0 aromatic carbocycles. The molecule has 7 nitrogen and oxygen atoms in total. The van der Waals surface area contributed by atoms with Gasteiger partial charge in [-0.15, -0.1) is 0 Å². The smallest absolute Gasteiger partial charge is 0.407 e. The molecule has 1 unspecified atom stereocenters. The van der Waals surface area contributed by atoms with Crippen LogP contribution in [-0.4, -0.2) is 46.7 Å². The molecule has 0 saturated carbocycles. The molecule has 1 spiro atoms. The van der Waals surface area contributed by atoms with Crippen molar-refractivity contribution in [3.05, 3.63) is 34.7 Å². The van der Waals surface area contributed by atoms with Crippen LogP contribution in [0.1, 0.15) is 19.3 Å². The number of carbonyl (C=O) groups is 2. The molecule has 0 bridgehead atoms. The molecule has 1 aromatic rings. The fourth-order valence-corrected chi connectivity index (χ4v) is 3.06. The summed E-state index contributed by atoms with van der Waals surface area (Å²) in [6, 6.07) is 4.92. The lowest BCUT2D eigenvalue weighted by Gasteiger charge is -2.38. The predicted molar refractivity (Wildman–Crippen MR) is 78.3 cm³/mol. The van der Waals surface area contributed by atoms with Gasteiger partial charge in [-0.1, -0.05) is 6.07 Å². The number of nitrogens with zero attached hydrogens (tertiary/aromatic N) is 2. The molecule has 2 aliphatic rings. The lowest BCUT2D eigenvalue weighted by molar-refractivity contribution is -0.137. The zero-order chi connectivity index (χ0) is 15.6. The van der Waals surface area contributed by atoms with Gasteiger partial charge >= 0.3 is 6.09 Å². The van der Waals surface area contributed by atoms with Crippen LogP contribution in [0.2, 0.25) is 0 Å². The second kappa shape index (κ2) is 5.82. The van der Waals surface area contributed by atoms with Crippen molar-refractivity contribution < 1.29 is 14.3 Å². The van der Waals surface area contributed by atoms with Gasteiger partial charge in [-0.25, -0.2) is 4.79 Å². The van der Waals surface area contributed by atoms with E-state index in [-0.39, 0.29) is 17.9 Å². The van der Waals surface area contributed by atoms with Gasteiger partial charge in [0.1, 0.15) is 5.60 Å². The Morgan fingerprint density at radius 1 is 1.36 bits per heavy atom. The van der Waals surface area contributed by atoms with Gasteiger partial charge in [0.05, 0.1) is 13.1 Å². The van der Waals surface area contributed by atoms with E-state index in [1.807, 2.05) is 0 Å². The van der Waals surface area contributed by atoms with E-state index in [2.05, 4.69) is 5.32 Å². The van der Waals surface area contributed by atoms with Crippen LogP contribution in [0.15, 0.2) is 29.2 Å². The van der Waals surface area contributed by atoms with E-state index in [1.54, 1.807) is 23.2 Å². The highest BCUT2D eigenvalue weighted by atomic mass is 16.6. The molecule has 2 saturated heterocycles. The molecule has 2 aliphatic heterocycles. The van der Waals surface area contributed by atoms with Crippen LogP contribution in [0, 0.1) is 0 Å². The molecule has 2 amide bonds. The van der Waals surface area contributed by atoms with Crippen LogP contribution >= 0.6 is 0 Å². The van der Waals surface area contributed by atoms with E-state index in [0.717, 1.165) is 12.8 Å². The van der Waals surface area contributed by atoms with E-state index in [4.69, 9.17) is 4.74 Å². The van der Waals surface area contributed by atoms with Gasteiger partial charge in [-0.2, -0.15) is 0 Å². The van der Waals surface area contributed by atoms with Gasteiger partial charge in [-0.3, -0.25) is 9.59 Å². The predicted octanol–water partition coefficient (Wildman–Crippen LogP) is 0.339. The second-order valence-corrected chi connectivity index (χ2v) is 5.83. The molecule has 0 aliphatic carbocycles. The van der Waals surface area contributed by atoms with Crippen molar-refractivity contribution >= 4 is 12.0 Å². The van der Waals surface area contributed by atoms with Crippen molar-refractivity contribution in [2.75, 3.05) is 19.6 Å². The van der Waals surface area contributed by atoms with Crippen LogP contribution in [0.3, 0.4) is 0 Å². The summed E-state index contributed by atoms with van der Waals surface area (Å²) < 4.78 is 6.88. The largest absolute Gasteiger partial charge is 0.439 e. The molecule has 22 heavy (non-hydrogen) atoms. The number of carbonyl (C=O) groups excluding carboxylic acids is 2. The summed E-state index contributed by atoms with van der Waals surface area (Å²) >= 11 is 0. The summed E-state index contributed by atoms with van der Waals surface area (Å²) in [4.78, 5) is 37.0. The third-order valence-electron chi connectivity index (χ3n) is 4.22. The molecule has 7 heteroatoms. The minimum atomic E-state index is -0.575. The SMILES string of the molecule is O=C1NCC2(CCCN(C(=O)CCn3ccccc3=O)C2)O1. The first-order valence-corrected chi connectivity index (χ1v) is 7.48. The fourth-order valence-electron chi connectivity index (χ4n) is 3.06. The Morgan fingerprint density at radius 3 is 2.95 bits per heavy atom. The first kappa shape index (κ1) is 14.6. The normalized spacial score (nSPS) is 24.2. The standard InChI is InChI=1S/C15H19N3O4/c19-12-4-1-2-7-17(12)9-5-13(20)18-8-3-6-15(11-18)10-16-14(21)22-15/h1-2,4,7H,3,5-6,8-11H2,(H,16,21). The minimum Gasteiger partial charge on any atom is -0.439 e. The summed E-state index contributed by atoms with van der Waals surface area (Å²) in [5.74, 6) is -0.0159. The highest BCUT2D eigenvalue weighted by molar-refractivity contribution is 5.77. The first-order chi connectivity index (χ1) is 10.6. The zero-order valence-corrected chi connectivity index (χ0v) is 12.3. The number of likely N-dealkylation sites (tertiary alicyclic amines) is 1. The van der Waals surface area contributed by atoms with E-state index in [9.17, 15) is 14.4 Å². The lowest BCUT2D eigenvalue weighted by atomic mass is 9.93. The second-order valence-electron chi connectivity index (χ2n) is 5.83. The lowest BCUT2D eigenvalue weighted by Crippen LogP contribution is -2.52. The first-order valence-electron chi connectivity index (χ1n) is 7.48. The molecule has 118 valence electrons. The molecular formula is C15H19N3O4. The Morgan fingerprint density at radius 2 is 2.23 bits per heavy atom. The molecule has 1 N–H and O–H groups in total. The monoisotopic (exact) mass is 305 g/mol. The number of pyridine rings is 1. The van der Waals surface area contributed by atoms with Crippen molar-refractivity contribution in [3.63, 3.8) is 0 Å². The molecule has 1 aromatic heterocycles. The number of hydrogen-bond donors (Lipinski definition) is 1. The number of ether oxygens (including phenoxy) is 1. The number of nitrogens with one attached hydrogen (secondary N) is 1.